The van der Waals surface area contributed by atoms with Crippen LogP contribution >= 0.6 is 0 Å². The normalized spacial score (nSPS) is 14.6. The molecule has 34 heavy (non-hydrogen) atoms. The van der Waals surface area contributed by atoms with Gasteiger partial charge in [0.05, 0.1) is 16.3 Å². The third-order valence-electron chi connectivity index (χ3n) is 5.01. The number of ether oxygens (including phenoxy) is 1. The Morgan fingerprint density at radius 2 is 1.65 bits per heavy atom. The first kappa shape index (κ1) is 25.1. The molecule has 0 saturated carbocycles. The van der Waals surface area contributed by atoms with E-state index in [0.29, 0.717) is 37.6 Å². The van der Waals surface area contributed by atoms with E-state index in [1.54, 1.807) is 25.7 Å². The predicted octanol–water partition coefficient (Wildman–Crippen LogP) is 1.65. The summed E-state index contributed by atoms with van der Waals surface area (Å²) >= 11 is 0. The number of amides is 2. The number of nitrogens with one attached hydrogen (secondary N) is 2. The van der Waals surface area contributed by atoms with E-state index in [0.717, 1.165) is 0 Å². The van der Waals surface area contributed by atoms with Crippen LogP contribution in [0, 0.1) is 0 Å². The molecular weight excluding hydrogens is 462 g/mol. The molecule has 184 valence electrons. The minimum Gasteiger partial charge on any atom is -0.508 e. The number of nitrogens with two attached hydrogens (primary N) is 1. The average Bonchev–Trinajstić information content (AvgIpc) is 2.77. The number of piperazine rings is 1. The molecule has 0 unspecified atom stereocenters. The Labute approximate surface area is 198 Å². The van der Waals surface area contributed by atoms with Crippen molar-refractivity contribution in [3.63, 3.8) is 0 Å². The standard InChI is InChI=1S/C22H29N5O6S/c1-22(2,3)33-21(30)27-12-10-26(11-13-27)19-14-17(8-9-18(19)23)34(31,32)25-24-20(29)15-4-6-16(28)7-5-15/h4-9,14,25,28H,10-13,23H2,1-3H3,(H,24,29). The van der Waals surface area contributed by atoms with Gasteiger partial charge in [-0.1, -0.05) is 0 Å². The molecule has 5 N–H and O–H groups in total. The Hall–Kier alpha value is -3.51. The summed E-state index contributed by atoms with van der Waals surface area (Å²) in [6.07, 6.45) is -0.398. The number of hydrogen-bond acceptors (Lipinski definition) is 8. The third kappa shape index (κ3) is 6.29. The quantitative estimate of drug-likeness (QED) is 0.364. The number of phenols is 1. The minimum atomic E-state index is -4.09. The van der Waals surface area contributed by atoms with Gasteiger partial charge in [0.15, 0.2) is 0 Å². The van der Waals surface area contributed by atoms with Gasteiger partial charge in [-0.2, -0.15) is 0 Å². The molecule has 11 nitrogen and oxygen atoms in total. The second-order valence-electron chi connectivity index (χ2n) is 8.78. The van der Waals surface area contributed by atoms with Crippen LogP contribution < -0.4 is 20.9 Å². The number of aromatic hydroxyl groups is 1. The molecule has 0 spiro atoms. The summed E-state index contributed by atoms with van der Waals surface area (Å²) in [5.41, 5.74) is 8.72. The summed E-state index contributed by atoms with van der Waals surface area (Å²) in [5, 5.41) is 9.31. The molecule has 1 fully saturated rings. The van der Waals surface area contributed by atoms with Crippen molar-refractivity contribution in [3.8, 4) is 5.75 Å². The molecule has 0 atom stereocenters. The maximum absolute atomic E-state index is 12.7. The topological polar surface area (TPSA) is 154 Å². The van der Waals surface area contributed by atoms with Gasteiger partial charge in [0, 0.05) is 31.7 Å². The first-order valence-electron chi connectivity index (χ1n) is 10.6. The van der Waals surface area contributed by atoms with Crippen LogP contribution in [0.25, 0.3) is 0 Å². The predicted molar refractivity (Wildman–Crippen MR) is 127 cm³/mol. The summed E-state index contributed by atoms with van der Waals surface area (Å²) in [4.78, 5) is 29.9. The van der Waals surface area contributed by atoms with Crippen LogP contribution in [0.15, 0.2) is 47.4 Å². The number of carbonyl (C=O) groups excluding carboxylic acids is 2. The number of nitrogens with zero attached hydrogens (tertiary/aromatic N) is 2. The second kappa shape index (κ2) is 9.77. The smallest absolute Gasteiger partial charge is 0.410 e. The van der Waals surface area contributed by atoms with Crippen molar-refractivity contribution >= 4 is 33.4 Å². The number of anilines is 2. The molecule has 12 heteroatoms. The number of carbonyl (C=O) groups is 2. The fraction of sp³-hybridized carbons (Fsp3) is 0.364. The Kier molecular flexibility index (Phi) is 7.22. The van der Waals surface area contributed by atoms with E-state index in [9.17, 15) is 23.1 Å². The van der Waals surface area contributed by atoms with E-state index < -0.39 is 27.6 Å². The van der Waals surface area contributed by atoms with Gasteiger partial charge in [0.25, 0.3) is 15.9 Å². The first-order valence-corrected chi connectivity index (χ1v) is 12.1. The number of rotatable bonds is 5. The molecule has 1 saturated heterocycles. The van der Waals surface area contributed by atoms with Gasteiger partial charge < -0.3 is 25.4 Å². The molecule has 3 rings (SSSR count). The fourth-order valence-corrected chi connectivity index (χ4v) is 4.14. The number of phenolic OH excluding ortho intramolecular Hbond substituents is 1. The Bertz CT molecular complexity index is 1150. The molecule has 0 aromatic heterocycles. The highest BCUT2D eigenvalue weighted by Crippen LogP contribution is 2.28. The van der Waals surface area contributed by atoms with Crippen LogP contribution in [-0.2, 0) is 14.8 Å². The maximum Gasteiger partial charge on any atom is 0.410 e. The van der Waals surface area contributed by atoms with Crippen molar-refractivity contribution in [2.75, 3.05) is 36.8 Å². The van der Waals surface area contributed by atoms with Crippen molar-refractivity contribution in [3.05, 3.63) is 48.0 Å². The van der Waals surface area contributed by atoms with Gasteiger partial charge in [0.2, 0.25) is 0 Å². The van der Waals surface area contributed by atoms with Crippen molar-refractivity contribution in [2.24, 2.45) is 0 Å². The lowest BCUT2D eigenvalue weighted by molar-refractivity contribution is 0.0240. The van der Waals surface area contributed by atoms with Gasteiger partial charge in [0.1, 0.15) is 11.4 Å². The molecule has 2 aromatic rings. The number of hydrazine groups is 1. The fourth-order valence-electron chi connectivity index (χ4n) is 3.28. The number of benzene rings is 2. The number of nitrogen functional groups attached to an aromatic ring is 1. The van der Waals surface area contributed by atoms with E-state index in [-0.39, 0.29) is 16.2 Å². The Morgan fingerprint density at radius 3 is 2.24 bits per heavy atom. The van der Waals surface area contributed by atoms with Crippen LogP contribution in [0.4, 0.5) is 16.2 Å². The third-order valence-corrected chi connectivity index (χ3v) is 6.26. The van der Waals surface area contributed by atoms with E-state index in [1.165, 1.54) is 42.5 Å². The van der Waals surface area contributed by atoms with Crippen LogP contribution in [0.5, 0.6) is 5.75 Å². The molecule has 2 aromatic carbocycles. The zero-order chi connectivity index (χ0) is 25.1. The van der Waals surface area contributed by atoms with Crippen molar-refractivity contribution in [1.82, 2.24) is 15.2 Å². The summed E-state index contributed by atoms with van der Waals surface area (Å²) < 4.78 is 30.9. The molecule has 0 bridgehead atoms. The van der Waals surface area contributed by atoms with Crippen molar-refractivity contribution < 1.29 is 27.9 Å². The lowest BCUT2D eigenvalue weighted by atomic mass is 10.2. The zero-order valence-corrected chi connectivity index (χ0v) is 20.1. The van der Waals surface area contributed by atoms with Gasteiger partial charge in [-0.05, 0) is 63.2 Å². The van der Waals surface area contributed by atoms with E-state index >= 15 is 0 Å². The highest BCUT2D eigenvalue weighted by molar-refractivity contribution is 7.89. The average molecular weight is 492 g/mol. The molecular formula is C22H29N5O6S. The summed E-state index contributed by atoms with van der Waals surface area (Å²) in [6, 6.07) is 9.59. The first-order chi connectivity index (χ1) is 15.9. The zero-order valence-electron chi connectivity index (χ0n) is 19.2. The largest absolute Gasteiger partial charge is 0.508 e. The van der Waals surface area contributed by atoms with Gasteiger partial charge in [-0.3, -0.25) is 10.2 Å². The summed E-state index contributed by atoms with van der Waals surface area (Å²) in [7, 11) is -4.09. The highest BCUT2D eigenvalue weighted by atomic mass is 32.2. The number of hydrogen-bond donors (Lipinski definition) is 4. The molecule has 1 heterocycles. The second-order valence-corrected chi connectivity index (χ2v) is 10.5. The Balaban J connectivity index is 1.66. The lowest BCUT2D eigenvalue weighted by Gasteiger charge is -2.37. The van der Waals surface area contributed by atoms with E-state index in [1.807, 2.05) is 4.90 Å². The van der Waals surface area contributed by atoms with Crippen molar-refractivity contribution in [1.29, 1.82) is 0 Å². The molecule has 0 aliphatic carbocycles. The SMILES string of the molecule is CC(C)(C)OC(=O)N1CCN(c2cc(S(=O)(=O)NNC(=O)c3ccc(O)cc3)ccc2N)CC1. The summed E-state index contributed by atoms with van der Waals surface area (Å²) in [6.45, 7) is 7.08. The van der Waals surface area contributed by atoms with Gasteiger partial charge in [-0.25, -0.2) is 13.2 Å². The molecule has 2 amide bonds. The van der Waals surface area contributed by atoms with Crippen LogP contribution in [-0.4, -0.2) is 62.2 Å². The number of sulfonamides is 1. The Morgan fingerprint density at radius 1 is 1.03 bits per heavy atom. The molecule has 0 radical (unpaired) electrons. The maximum atomic E-state index is 12.7. The van der Waals surface area contributed by atoms with E-state index in [4.69, 9.17) is 10.5 Å². The minimum absolute atomic E-state index is 0.0153. The van der Waals surface area contributed by atoms with Crippen LogP contribution in [0.2, 0.25) is 0 Å². The van der Waals surface area contributed by atoms with Gasteiger partial charge in [-0.15, -0.1) is 4.83 Å². The monoisotopic (exact) mass is 491 g/mol. The lowest BCUT2D eigenvalue weighted by Crippen LogP contribution is -2.50. The highest BCUT2D eigenvalue weighted by Gasteiger charge is 2.27. The molecule has 1 aliphatic heterocycles. The van der Waals surface area contributed by atoms with Crippen LogP contribution in [0.3, 0.4) is 0 Å². The van der Waals surface area contributed by atoms with E-state index in [2.05, 4.69) is 10.3 Å². The van der Waals surface area contributed by atoms with Crippen LogP contribution in [0.1, 0.15) is 31.1 Å². The van der Waals surface area contributed by atoms with Crippen molar-refractivity contribution in [2.45, 2.75) is 31.3 Å². The van der Waals surface area contributed by atoms with Gasteiger partial charge >= 0.3 is 6.09 Å². The summed E-state index contributed by atoms with van der Waals surface area (Å²) in [5.74, 6) is -0.698. The molecule has 1 aliphatic rings.